The standard InChI is InChI=1S/C20H34O/c1-18-11-5-4-6-14(18)7-8-15-16(18)9-12-19(2)17(15)10-13-20(19,3)21/h14-17,21H,4-13H2,1-3H3/t14-,15+,16-,17-,18+,19+,20+/m1/s1. The minimum absolute atomic E-state index is 0.200. The van der Waals surface area contributed by atoms with Crippen LogP contribution in [0.5, 0.6) is 0 Å². The van der Waals surface area contributed by atoms with Crippen molar-refractivity contribution in [1.29, 1.82) is 0 Å². The van der Waals surface area contributed by atoms with Crippen LogP contribution in [0.25, 0.3) is 0 Å². The van der Waals surface area contributed by atoms with Crippen molar-refractivity contribution in [1.82, 2.24) is 0 Å². The fraction of sp³-hybridized carbons (Fsp3) is 1.00. The van der Waals surface area contributed by atoms with Crippen LogP contribution in [0.4, 0.5) is 0 Å². The Morgan fingerprint density at radius 3 is 2.33 bits per heavy atom. The lowest BCUT2D eigenvalue weighted by atomic mass is 9.44. The molecule has 21 heavy (non-hydrogen) atoms. The zero-order chi connectivity index (χ0) is 14.9. The van der Waals surface area contributed by atoms with E-state index in [0.717, 1.165) is 30.1 Å². The van der Waals surface area contributed by atoms with E-state index in [0.29, 0.717) is 5.41 Å². The molecule has 4 rings (SSSR count). The number of hydrogen-bond acceptors (Lipinski definition) is 1. The largest absolute Gasteiger partial charge is 0.390 e. The van der Waals surface area contributed by atoms with Gasteiger partial charge in [0.05, 0.1) is 5.60 Å². The molecule has 1 N–H and O–H groups in total. The second-order valence-corrected chi connectivity index (χ2v) is 9.67. The Morgan fingerprint density at radius 2 is 1.52 bits per heavy atom. The van der Waals surface area contributed by atoms with Gasteiger partial charge in [0.1, 0.15) is 0 Å². The van der Waals surface area contributed by atoms with Crippen molar-refractivity contribution in [2.24, 2.45) is 34.5 Å². The second-order valence-electron chi connectivity index (χ2n) is 9.67. The fourth-order valence-electron chi connectivity index (χ4n) is 7.54. The molecule has 0 aromatic carbocycles. The van der Waals surface area contributed by atoms with Crippen LogP contribution in [-0.2, 0) is 0 Å². The quantitative estimate of drug-likeness (QED) is 0.652. The first-order valence-corrected chi connectivity index (χ1v) is 9.61. The summed E-state index contributed by atoms with van der Waals surface area (Å²) in [6, 6.07) is 0. The Bertz CT molecular complexity index is 428. The number of hydrogen-bond donors (Lipinski definition) is 1. The molecule has 0 aromatic rings. The van der Waals surface area contributed by atoms with Crippen LogP contribution in [-0.4, -0.2) is 10.7 Å². The highest BCUT2D eigenvalue weighted by Gasteiger charge is 2.62. The van der Waals surface area contributed by atoms with Crippen LogP contribution in [0.3, 0.4) is 0 Å². The molecule has 0 radical (unpaired) electrons. The lowest BCUT2D eigenvalue weighted by molar-refractivity contribution is -0.145. The molecule has 0 saturated heterocycles. The molecule has 0 unspecified atom stereocenters. The van der Waals surface area contributed by atoms with E-state index in [1.165, 1.54) is 57.8 Å². The van der Waals surface area contributed by atoms with E-state index in [4.69, 9.17) is 0 Å². The van der Waals surface area contributed by atoms with Gasteiger partial charge in [-0.15, -0.1) is 0 Å². The molecule has 0 amide bonds. The Hall–Kier alpha value is -0.0400. The molecule has 1 heteroatoms. The second kappa shape index (κ2) is 4.49. The van der Waals surface area contributed by atoms with Crippen molar-refractivity contribution in [3.05, 3.63) is 0 Å². The van der Waals surface area contributed by atoms with Gasteiger partial charge in [0.2, 0.25) is 0 Å². The topological polar surface area (TPSA) is 20.2 Å². The van der Waals surface area contributed by atoms with Crippen LogP contribution < -0.4 is 0 Å². The molecule has 120 valence electrons. The molecule has 4 saturated carbocycles. The summed E-state index contributed by atoms with van der Waals surface area (Å²) in [5.41, 5.74) is 0.427. The van der Waals surface area contributed by atoms with Crippen LogP contribution in [0.15, 0.2) is 0 Å². The van der Waals surface area contributed by atoms with Gasteiger partial charge in [0.25, 0.3) is 0 Å². The maximum atomic E-state index is 10.9. The Kier molecular flexibility index (Phi) is 3.11. The summed E-state index contributed by atoms with van der Waals surface area (Å²) in [5, 5.41) is 10.9. The fourth-order valence-corrected chi connectivity index (χ4v) is 7.54. The van der Waals surface area contributed by atoms with Crippen molar-refractivity contribution in [2.45, 2.75) is 90.6 Å². The third-order valence-corrected chi connectivity index (χ3v) is 9.15. The van der Waals surface area contributed by atoms with E-state index < -0.39 is 5.60 Å². The summed E-state index contributed by atoms with van der Waals surface area (Å²) >= 11 is 0. The molecular weight excluding hydrogens is 256 g/mol. The summed E-state index contributed by atoms with van der Waals surface area (Å²) in [7, 11) is 0. The van der Waals surface area contributed by atoms with Crippen LogP contribution >= 0.6 is 0 Å². The van der Waals surface area contributed by atoms with Crippen molar-refractivity contribution >= 4 is 0 Å². The first-order chi connectivity index (χ1) is 9.88. The summed E-state index contributed by atoms with van der Waals surface area (Å²) in [6.45, 7) is 7.18. The van der Waals surface area contributed by atoms with Gasteiger partial charge in [0.15, 0.2) is 0 Å². The predicted octanol–water partition coefficient (Wildman–Crippen LogP) is 5.17. The van der Waals surface area contributed by atoms with Crippen LogP contribution in [0, 0.1) is 34.5 Å². The Balaban J connectivity index is 1.66. The van der Waals surface area contributed by atoms with Crippen molar-refractivity contribution in [3.63, 3.8) is 0 Å². The highest BCUT2D eigenvalue weighted by atomic mass is 16.3. The number of rotatable bonds is 0. The molecule has 0 spiro atoms. The van der Waals surface area contributed by atoms with Gasteiger partial charge >= 0.3 is 0 Å². The van der Waals surface area contributed by atoms with Gasteiger partial charge in [-0.05, 0) is 92.8 Å². The van der Waals surface area contributed by atoms with Crippen molar-refractivity contribution in [2.75, 3.05) is 0 Å². The highest BCUT2D eigenvalue weighted by molar-refractivity contribution is 5.12. The Labute approximate surface area is 130 Å². The molecule has 1 nitrogen and oxygen atoms in total. The lowest BCUT2D eigenvalue weighted by Gasteiger charge is -2.61. The molecule has 0 aromatic heterocycles. The monoisotopic (exact) mass is 290 g/mol. The third kappa shape index (κ3) is 1.79. The molecule has 0 heterocycles. The van der Waals surface area contributed by atoms with Gasteiger partial charge in [-0.3, -0.25) is 0 Å². The summed E-state index contributed by atoms with van der Waals surface area (Å²) < 4.78 is 0. The lowest BCUT2D eigenvalue weighted by Crippen LogP contribution is -2.55. The predicted molar refractivity (Wildman–Crippen MR) is 87.0 cm³/mol. The zero-order valence-corrected chi connectivity index (χ0v) is 14.3. The summed E-state index contributed by atoms with van der Waals surface area (Å²) in [6.07, 6.45) is 13.9. The minimum atomic E-state index is -0.410. The van der Waals surface area contributed by atoms with Gasteiger partial charge in [-0.1, -0.05) is 26.7 Å². The summed E-state index contributed by atoms with van der Waals surface area (Å²) in [4.78, 5) is 0. The average Bonchev–Trinajstić information content (AvgIpc) is 2.69. The average molecular weight is 290 g/mol. The molecule has 0 aliphatic heterocycles. The van der Waals surface area contributed by atoms with Gasteiger partial charge in [-0.2, -0.15) is 0 Å². The first-order valence-electron chi connectivity index (χ1n) is 9.61. The van der Waals surface area contributed by atoms with E-state index >= 15 is 0 Å². The van der Waals surface area contributed by atoms with Gasteiger partial charge in [0, 0.05) is 0 Å². The zero-order valence-electron chi connectivity index (χ0n) is 14.3. The molecule has 4 fully saturated rings. The van der Waals surface area contributed by atoms with Gasteiger partial charge < -0.3 is 5.11 Å². The highest BCUT2D eigenvalue weighted by Crippen LogP contribution is 2.68. The molecular formula is C20H34O. The summed E-state index contributed by atoms with van der Waals surface area (Å²) in [5.74, 6) is 3.69. The molecule has 4 aliphatic carbocycles. The van der Waals surface area contributed by atoms with Gasteiger partial charge in [-0.25, -0.2) is 0 Å². The maximum absolute atomic E-state index is 10.9. The van der Waals surface area contributed by atoms with E-state index in [9.17, 15) is 5.11 Å². The SMILES string of the molecule is C[C@]12CCCC[C@@H]1CC[C@H]1[C@H]2CC[C@@]2(C)[C@@H]1CC[C@]2(C)O. The van der Waals surface area contributed by atoms with E-state index in [-0.39, 0.29) is 5.41 Å². The molecule has 4 aliphatic rings. The van der Waals surface area contributed by atoms with Crippen molar-refractivity contribution < 1.29 is 5.11 Å². The normalized spacial score (nSPS) is 60.0. The number of aliphatic hydroxyl groups is 1. The Morgan fingerprint density at radius 1 is 0.762 bits per heavy atom. The van der Waals surface area contributed by atoms with E-state index in [2.05, 4.69) is 20.8 Å². The van der Waals surface area contributed by atoms with Crippen molar-refractivity contribution in [3.8, 4) is 0 Å². The van der Waals surface area contributed by atoms with E-state index in [1.54, 1.807) is 0 Å². The molecule has 0 bridgehead atoms. The third-order valence-electron chi connectivity index (χ3n) is 9.15. The first kappa shape index (κ1) is 14.5. The molecule has 7 atom stereocenters. The van der Waals surface area contributed by atoms with E-state index in [1.807, 2.05) is 0 Å². The van der Waals surface area contributed by atoms with Crippen LogP contribution in [0.1, 0.15) is 85.0 Å². The van der Waals surface area contributed by atoms with Crippen LogP contribution in [0.2, 0.25) is 0 Å². The maximum Gasteiger partial charge on any atom is 0.0675 e. The smallest absolute Gasteiger partial charge is 0.0675 e. The number of fused-ring (bicyclic) bond motifs is 5. The minimum Gasteiger partial charge on any atom is -0.390 e.